The summed E-state index contributed by atoms with van der Waals surface area (Å²) < 4.78 is 33.6. The van der Waals surface area contributed by atoms with Gasteiger partial charge in [-0.2, -0.15) is 28.8 Å². The largest absolute Gasteiger partial charge is 0.477 e. The minimum atomic E-state index is -1.06. The normalized spacial score (nSPS) is 19.9. The SMILES string of the molecule is C.C.C.CCOC(=O)c1cnn2c(NC)cc(-c3cn([C@@H]4CCCOC4)c4ncccc34)nc12.CNc1cc(-c2cn([C@@H]3CCCOC3)c3ncccc23)nc2c(C(=O)NC3CC[C@H]3O)cnn12.CNc1cc(-c2cn([C@@H]3CCCOC3)c3ncccc23)nc2c(C(=O)O)cnn12.N[C@H]1CC[C@H]1O. The zero-order valence-electron chi connectivity index (χ0n) is 55.9. The molecule has 0 bridgehead atoms. The number of nitrogens with one attached hydrogen (secondary N) is 4. The molecule has 5 fully saturated rings. The van der Waals surface area contributed by atoms with Gasteiger partial charge in [-0.1, -0.05) is 22.3 Å². The van der Waals surface area contributed by atoms with Gasteiger partial charge < -0.3 is 75.0 Å². The molecule has 12 aromatic heterocycles. The highest BCUT2D eigenvalue weighted by Gasteiger charge is 2.33. The van der Waals surface area contributed by atoms with Crippen molar-refractivity contribution in [3.8, 4) is 33.8 Å². The zero-order valence-corrected chi connectivity index (χ0v) is 55.9. The molecular weight excluding hydrogens is 1320 g/mol. The number of anilines is 3. The predicted molar refractivity (Wildman–Crippen MR) is 394 cm³/mol. The number of fused-ring (bicyclic) bond motifs is 6. The second-order valence-electron chi connectivity index (χ2n) is 25.4. The Bertz CT molecular complexity index is 4950. The van der Waals surface area contributed by atoms with Gasteiger partial charge in [-0.15, -0.1) is 0 Å². The van der Waals surface area contributed by atoms with Crippen LogP contribution in [-0.2, 0) is 18.9 Å². The number of pyridine rings is 3. The minimum absolute atomic E-state index is 0. The molecule has 0 aromatic carbocycles. The van der Waals surface area contributed by atoms with E-state index in [9.17, 15) is 24.6 Å². The van der Waals surface area contributed by atoms with E-state index in [2.05, 4.69) is 82.6 Å². The van der Waals surface area contributed by atoms with E-state index in [1.54, 1.807) is 41.6 Å². The number of carboxylic acid groups (broad SMARTS) is 1. The molecule has 30 nitrogen and oxygen atoms in total. The van der Waals surface area contributed by atoms with Crippen molar-refractivity contribution in [1.82, 2.24) is 77.8 Å². The summed E-state index contributed by atoms with van der Waals surface area (Å²) in [7, 11) is 5.40. The van der Waals surface area contributed by atoms with Crippen molar-refractivity contribution in [2.75, 3.05) is 83.3 Å². The van der Waals surface area contributed by atoms with Gasteiger partial charge in [0.2, 0.25) is 0 Å². The molecule has 12 aromatic rings. The van der Waals surface area contributed by atoms with E-state index in [1.807, 2.05) is 74.9 Å². The van der Waals surface area contributed by atoms with Crippen LogP contribution in [0.2, 0.25) is 0 Å². The molecule has 3 saturated heterocycles. The smallest absolute Gasteiger partial charge is 0.343 e. The molecule has 2 saturated carbocycles. The van der Waals surface area contributed by atoms with Crippen LogP contribution in [0.4, 0.5) is 17.5 Å². The number of nitrogens with two attached hydrogens (primary N) is 1. The maximum atomic E-state index is 13.0. The van der Waals surface area contributed by atoms with Crippen LogP contribution in [0.1, 0.15) is 143 Å². The van der Waals surface area contributed by atoms with E-state index in [4.69, 9.17) is 39.8 Å². The molecule has 2 aliphatic carbocycles. The van der Waals surface area contributed by atoms with Crippen molar-refractivity contribution in [2.45, 2.75) is 136 Å². The predicted octanol–water partition coefficient (Wildman–Crippen LogP) is 9.92. The lowest BCUT2D eigenvalue weighted by atomic mass is 9.89. The first-order valence-corrected chi connectivity index (χ1v) is 34.0. The molecule has 15 heterocycles. The average Bonchev–Trinajstić information content (AvgIpc) is 1.62. The Kier molecular flexibility index (Phi) is 23.1. The Morgan fingerprint density at radius 1 is 0.534 bits per heavy atom. The van der Waals surface area contributed by atoms with Crippen LogP contribution in [0.15, 0.2) is 110 Å². The van der Waals surface area contributed by atoms with E-state index >= 15 is 0 Å². The van der Waals surface area contributed by atoms with E-state index < -0.39 is 18.0 Å². The van der Waals surface area contributed by atoms with Gasteiger partial charge in [-0.3, -0.25) is 4.79 Å². The van der Waals surface area contributed by atoms with Crippen LogP contribution in [0.3, 0.4) is 0 Å². The molecule has 5 aliphatic rings. The molecule has 3 aliphatic heterocycles. The number of aromatic nitrogens is 15. The molecule has 17 rings (SSSR count). The van der Waals surface area contributed by atoms with Crippen molar-refractivity contribution in [3.05, 3.63) is 127 Å². The van der Waals surface area contributed by atoms with Crippen LogP contribution in [0.5, 0.6) is 0 Å². The molecule has 1 amide bonds. The lowest BCUT2D eigenvalue weighted by Gasteiger charge is -2.32. The molecule has 544 valence electrons. The third-order valence-electron chi connectivity index (χ3n) is 19.2. The first-order valence-electron chi connectivity index (χ1n) is 34.0. The van der Waals surface area contributed by atoms with Crippen LogP contribution in [-0.4, -0.2) is 197 Å². The number of hydrogen-bond donors (Lipinski definition) is 8. The van der Waals surface area contributed by atoms with Gasteiger partial charge >= 0.3 is 11.9 Å². The number of aromatic carboxylic acids is 1. The highest BCUT2D eigenvalue weighted by atomic mass is 16.5. The quantitative estimate of drug-likeness (QED) is 0.0469. The van der Waals surface area contributed by atoms with Crippen LogP contribution >= 0.6 is 0 Å². The van der Waals surface area contributed by atoms with Crippen molar-refractivity contribution in [3.63, 3.8) is 0 Å². The number of carboxylic acids is 1. The van der Waals surface area contributed by atoms with Gasteiger partial charge in [-0.05, 0) is 108 Å². The molecule has 30 heteroatoms. The zero-order chi connectivity index (χ0) is 69.1. The topological polar surface area (TPSA) is 367 Å². The van der Waals surface area contributed by atoms with E-state index in [0.717, 1.165) is 145 Å². The van der Waals surface area contributed by atoms with Crippen molar-refractivity contribution in [1.29, 1.82) is 0 Å². The monoisotopic (exact) mass is 1410 g/mol. The van der Waals surface area contributed by atoms with Crippen LogP contribution in [0.25, 0.3) is 83.8 Å². The number of carbonyl (C=O) groups excluding carboxylic acids is 2. The first kappa shape index (κ1) is 73.7. The van der Waals surface area contributed by atoms with Crippen LogP contribution in [0, 0.1) is 0 Å². The van der Waals surface area contributed by atoms with Crippen molar-refractivity contribution >= 4 is 85.3 Å². The summed E-state index contributed by atoms with van der Waals surface area (Å²) in [5.41, 5.74) is 14.8. The molecule has 0 spiro atoms. The summed E-state index contributed by atoms with van der Waals surface area (Å²) in [6.07, 6.45) is 24.8. The Balaban J connectivity index is 0.000000147. The number of amides is 1. The fraction of sp³-hybridized carbons (Fsp3) is 0.425. The number of aliphatic hydroxyl groups excluding tert-OH is 2. The minimum Gasteiger partial charge on any atom is -0.477 e. The van der Waals surface area contributed by atoms with E-state index in [-0.39, 0.29) is 76.7 Å². The molecule has 7 atom stereocenters. The van der Waals surface area contributed by atoms with Crippen molar-refractivity contribution < 1.29 is 48.7 Å². The Labute approximate surface area is 595 Å². The Morgan fingerprint density at radius 3 is 1.23 bits per heavy atom. The molecule has 0 radical (unpaired) electrons. The van der Waals surface area contributed by atoms with Gasteiger partial charge in [0.15, 0.2) is 16.9 Å². The molecule has 9 N–H and O–H groups in total. The Morgan fingerprint density at radius 2 is 0.913 bits per heavy atom. The second-order valence-corrected chi connectivity index (χ2v) is 25.4. The summed E-state index contributed by atoms with van der Waals surface area (Å²) in [6, 6.07) is 18.1. The molecule has 1 unspecified atom stereocenters. The van der Waals surface area contributed by atoms with E-state index in [0.29, 0.717) is 71.6 Å². The number of nitrogens with zero attached hydrogens (tertiary/aromatic N) is 15. The lowest BCUT2D eigenvalue weighted by Crippen LogP contribution is -2.50. The highest BCUT2D eigenvalue weighted by Crippen LogP contribution is 2.39. The lowest BCUT2D eigenvalue weighted by molar-refractivity contribution is 0.0448. The number of esters is 1. The molecular formula is C73H92N20O10. The average molecular weight is 1410 g/mol. The van der Waals surface area contributed by atoms with Gasteiger partial charge in [-0.25, -0.2) is 39.5 Å². The van der Waals surface area contributed by atoms with Gasteiger partial charge in [0.05, 0.1) is 98.5 Å². The standard InChI is InChI=1S/C24H27N7O3.C22H24N6O3.C20H20N6O3.C4H9NO.3CH4/c1-25-21-10-19(28-23-16(11-27-31(21)23)24(33)29-18-6-7-20(18)32)17-12-30(14-4-3-9-34-13-14)22-15(17)5-2-8-26-22;1-3-31-22(29)16-11-25-28-19(23-2)10-18(26-21(16)28)17-12-27(14-6-5-9-30-13-14)20-15(17)7-4-8-24-20;1-21-17-8-16(24-19-14(20(27)28)9-23-26(17)19)15-10-25(12-4-3-7-29-11-12)18-13(15)5-2-6-22-18;5-3-1-2-4(3)6;;;/h2,5,8,10-12,14,18,20,25,32H,3-4,6-7,9,13H2,1H3,(H,29,33);4,7-8,10-12,14,23H,3,5-6,9,13H2,1-2H3;2,5-6,8-10,12,21H,3-4,7,11H2,1H3,(H,27,28);3-4,6H,1-2,5H2;3*1H4/t14-,18?,20-;14-;12-;3-,4+;;;/m1110.../s1. The van der Waals surface area contributed by atoms with Gasteiger partial charge in [0, 0.05) is 135 Å². The third kappa shape index (κ3) is 14.5. The fourth-order valence-corrected chi connectivity index (χ4v) is 13.4. The number of carbonyl (C=O) groups is 3. The summed E-state index contributed by atoms with van der Waals surface area (Å²) in [5, 5.41) is 56.1. The summed E-state index contributed by atoms with van der Waals surface area (Å²) in [4.78, 5) is 65.2. The molecule has 103 heavy (non-hydrogen) atoms. The third-order valence-corrected chi connectivity index (χ3v) is 19.2. The maximum Gasteiger partial charge on any atom is 0.343 e. The second kappa shape index (κ2) is 32.2. The first-order chi connectivity index (χ1) is 48.8. The number of ether oxygens (including phenoxy) is 4. The number of hydrogen-bond acceptors (Lipinski definition) is 22. The Hall–Kier alpha value is -10.5. The maximum absolute atomic E-state index is 13.0. The fourth-order valence-electron chi connectivity index (χ4n) is 13.4. The summed E-state index contributed by atoms with van der Waals surface area (Å²) in [6.45, 7) is 6.44. The van der Waals surface area contributed by atoms with E-state index in [1.165, 1.54) is 23.1 Å². The van der Waals surface area contributed by atoms with Crippen LogP contribution < -0.4 is 27.0 Å². The summed E-state index contributed by atoms with van der Waals surface area (Å²) in [5.74, 6) is 0.315. The number of aliphatic hydroxyl groups is 2. The highest BCUT2D eigenvalue weighted by molar-refractivity contribution is 6.02. The number of rotatable bonds is 14. The summed E-state index contributed by atoms with van der Waals surface area (Å²) >= 11 is 0. The van der Waals surface area contributed by atoms with Crippen molar-refractivity contribution in [2.24, 2.45) is 5.73 Å². The van der Waals surface area contributed by atoms with Gasteiger partial charge in [0.1, 0.15) is 51.1 Å². The van der Waals surface area contributed by atoms with Gasteiger partial charge in [0.25, 0.3) is 5.91 Å².